The molecule has 0 bridgehead atoms. The average molecular weight is 846 g/mol. The zero-order chi connectivity index (χ0) is 34.4. The zero-order valence-electron chi connectivity index (χ0n) is 26.0. The summed E-state index contributed by atoms with van der Waals surface area (Å²) >= 11 is 0. The summed E-state index contributed by atoms with van der Waals surface area (Å²) in [4.78, 5) is 16.3. The molecule has 248 valence electrons. The Bertz CT molecular complexity index is 1910. The first-order valence-corrected chi connectivity index (χ1v) is 14.7. The van der Waals surface area contributed by atoms with Gasteiger partial charge >= 0.3 is 20.1 Å². The van der Waals surface area contributed by atoms with Crippen molar-refractivity contribution >= 4 is 11.8 Å². The maximum atomic E-state index is 14.6. The first-order chi connectivity index (χ1) is 24.0. The molecule has 50 heavy (non-hydrogen) atoms. The van der Waals surface area contributed by atoms with Crippen LogP contribution in [0.4, 0.5) is 17.6 Å². The predicted molar refractivity (Wildman–Crippen MR) is 181 cm³/mol. The number of benzene rings is 3. The van der Waals surface area contributed by atoms with Crippen molar-refractivity contribution < 1.29 is 42.4 Å². The van der Waals surface area contributed by atoms with Gasteiger partial charge in [0.05, 0.1) is 11.3 Å². The molecule has 0 atom stereocenters. The molecule has 0 unspecified atom stereocenters. The van der Waals surface area contributed by atoms with Gasteiger partial charge in [0.2, 0.25) is 11.6 Å². The van der Waals surface area contributed by atoms with Gasteiger partial charge in [-0.05, 0) is 41.2 Å². The largest absolute Gasteiger partial charge is 3.00 e. The van der Waals surface area contributed by atoms with Gasteiger partial charge in [0.15, 0.2) is 17.4 Å². The number of nitrogens with zero attached hydrogens (tertiary/aromatic N) is 4. The minimum Gasteiger partial charge on any atom is -0.664 e. The Kier molecular flexibility index (Phi) is 13.7. The topological polar surface area (TPSA) is 61.5 Å². The fraction of sp³-hybridized carbons (Fsp3) is 0.0250. The van der Waals surface area contributed by atoms with Crippen molar-refractivity contribution in [1.82, 2.24) is 15.0 Å². The predicted octanol–water partition coefficient (Wildman–Crippen LogP) is 8.71. The van der Waals surface area contributed by atoms with Crippen molar-refractivity contribution in [2.75, 3.05) is 6.61 Å². The van der Waals surface area contributed by atoms with Crippen LogP contribution in [-0.2, 0) is 20.1 Å². The molecule has 0 saturated heterocycles. The van der Waals surface area contributed by atoms with E-state index in [0.717, 1.165) is 22.5 Å². The normalized spacial score (nSPS) is 12.0. The number of ether oxygens (including phenoxy) is 1. The molecule has 5 nitrogen and oxygen atoms in total. The van der Waals surface area contributed by atoms with Crippen molar-refractivity contribution in [3.8, 4) is 40.6 Å². The van der Waals surface area contributed by atoms with Crippen LogP contribution < -0.4 is 9.72 Å². The minimum absolute atomic E-state index is 0. The number of terminal acetylenes is 1. The summed E-state index contributed by atoms with van der Waals surface area (Å²) in [5, 5.41) is 0. The molecular formula is C40H25F4IrN4O. The Hall–Kier alpha value is -5.88. The monoisotopic (exact) mass is 846 g/mol. The molecule has 0 amide bonds. The van der Waals surface area contributed by atoms with Crippen molar-refractivity contribution in [2.45, 2.75) is 0 Å². The number of allylic oxidation sites excluding steroid dienone is 2. The van der Waals surface area contributed by atoms with Crippen LogP contribution >= 0.6 is 0 Å². The first kappa shape index (κ1) is 36.9. The summed E-state index contributed by atoms with van der Waals surface area (Å²) in [6.45, 7) is -0.544. The van der Waals surface area contributed by atoms with Crippen LogP contribution in [0, 0.1) is 47.7 Å². The molecule has 3 aromatic heterocycles. The van der Waals surface area contributed by atoms with Gasteiger partial charge in [0.1, 0.15) is 6.61 Å². The third-order valence-electron chi connectivity index (χ3n) is 6.69. The number of pyridine rings is 2. The molecule has 0 radical (unpaired) electrons. The van der Waals surface area contributed by atoms with Crippen LogP contribution in [0.15, 0.2) is 138 Å². The fourth-order valence-corrected chi connectivity index (χ4v) is 4.51. The third-order valence-corrected chi connectivity index (χ3v) is 6.69. The van der Waals surface area contributed by atoms with E-state index < -0.39 is 41.2 Å². The number of rotatable bonds is 6. The smallest absolute Gasteiger partial charge is 0.664 e. The van der Waals surface area contributed by atoms with Gasteiger partial charge in [-0.2, -0.15) is 15.0 Å². The molecule has 6 aromatic rings. The molecule has 0 N–H and O–H groups in total. The van der Waals surface area contributed by atoms with E-state index in [1.54, 1.807) is 12.4 Å². The Labute approximate surface area is 300 Å². The number of aliphatic imine (C=N–C) groups is 1. The van der Waals surface area contributed by atoms with E-state index in [9.17, 15) is 17.6 Å². The standard InChI is InChI=1S/C18H9F4N2O.2C11H8N.Ir/c1-2-9-25-18-16(21)14(19)13(15(20)17(18)22)12(10-5-3-7-23-10)11-6-4-8-24-11;2*1-2-6-10(7-3-1)11-8-4-5-9-12-11;/h1,3-8H,9H2;2*1-6,8-9H;/q3*-1;+3/b12-10+;;;. The van der Waals surface area contributed by atoms with Crippen LogP contribution in [0.25, 0.3) is 28.1 Å². The number of halogens is 4. The molecule has 0 saturated carbocycles. The van der Waals surface area contributed by atoms with Crippen molar-refractivity contribution in [3.63, 3.8) is 0 Å². The molecule has 10 heteroatoms. The molecule has 0 aliphatic carbocycles. The second kappa shape index (κ2) is 18.6. The van der Waals surface area contributed by atoms with Gasteiger partial charge in [0.25, 0.3) is 0 Å². The third kappa shape index (κ3) is 9.17. The van der Waals surface area contributed by atoms with Gasteiger partial charge in [-0.25, -0.2) is 8.78 Å². The van der Waals surface area contributed by atoms with Crippen LogP contribution in [-0.4, -0.2) is 22.8 Å². The molecular weight excluding hydrogens is 821 g/mol. The van der Waals surface area contributed by atoms with E-state index in [2.05, 4.69) is 36.8 Å². The Morgan fingerprint density at radius 2 is 1.32 bits per heavy atom. The van der Waals surface area contributed by atoms with Crippen LogP contribution in [0.3, 0.4) is 0 Å². The Balaban J connectivity index is 0.000000187. The SMILES string of the molecule is C#CCOc1c(F)c(F)c(/C(=C2\C=CC=N2)c2ccc[n-]2)c(F)c1F.[Ir+3].[c-]1ccccc1-c1ccccn1.[c-]1ccccc1-c1ccccn1. The summed E-state index contributed by atoms with van der Waals surface area (Å²) in [6.07, 6.45) is 14.2. The molecule has 1 aliphatic rings. The first-order valence-electron chi connectivity index (χ1n) is 14.7. The average Bonchev–Trinajstić information content (AvgIpc) is 3.91. The van der Waals surface area contributed by atoms with Crippen LogP contribution in [0.2, 0.25) is 0 Å². The van der Waals surface area contributed by atoms with Crippen molar-refractivity contribution in [3.05, 3.63) is 180 Å². The van der Waals surface area contributed by atoms with E-state index >= 15 is 0 Å². The summed E-state index contributed by atoms with van der Waals surface area (Å²) in [6, 6.07) is 36.6. The van der Waals surface area contributed by atoms with Crippen LogP contribution in [0.1, 0.15) is 11.3 Å². The summed E-state index contributed by atoms with van der Waals surface area (Å²) in [5.74, 6) is -5.84. The van der Waals surface area contributed by atoms with E-state index in [4.69, 9.17) is 6.42 Å². The maximum absolute atomic E-state index is 14.6. The summed E-state index contributed by atoms with van der Waals surface area (Å²) in [5.41, 5.74) is 3.17. The summed E-state index contributed by atoms with van der Waals surface area (Å²) < 4.78 is 62.2. The minimum atomic E-state index is -1.68. The zero-order valence-corrected chi connectivity index (χ0v) is 28.4. The van der Waals surface area contributed by atoms with Crippen molar-refractivity contribution in [1.29, 1.82) is 0 Å². The van der Waals surface area contributed by atoms with E-state index in [1.807, 2.05) is 90.8 Å². The second-order valence-electron chi connectivity index (χ2n) is 9.86. The second-order valence-corrected chi connectivity index (χ2v) is 9.86. The molecule has 7 rings (SSSR count). The number of aromatic nitrogens is 3. The molecule has 4 heterocycles. The van der Waals surface area contributed by atoms with Gasteiger partial charge in [-0.15, -0.1) is 83.9 Å². The van der Waals surface area contributed by atoms with Crippen LogP contribution in [0.5, 0.6) is 5.75 Å². The molecule has 0 spiro atoms. The van der Waals surface area contributed by atoms with Gasteiger partial charge < -0.3 is 19.7 Å². The number of hydrogen-bond acceptors (Lipinski definition) is 4. The Morgan fingerprint density at radius 3 is 1.74 bits per heavy atom. The number of hydrogen-bond donors (Lipinski definition) is 0. The van der Waals surface area contributed by atoms with Gasteiger partial charge in [-0.3, -0.25) is 4.99 Å². The molecule has 3 aromatic carbocycles. The molecule has 1 aliphatic heterocycles. The Morgan fingerprint density at radius 1 is 0.740 bits per heavy atom. The van der Waals surface area contributed by atoms with Crippen molar-refractivity contribution in [2.24, 2.45) is 4.99 Å². The van der Waals surface area contributed by atoms with Gasteiger partial charge in [0, 0.05) is 18.6 Å². The fourth-order valence-electron chi connectivity index (χ4n) is 4.51. The van der Waals surface area contributed by atoms with E-state index in [0.29, 0.717) is 0 Å². The quantitative estimate of drug-likeness (QED) is 0.0729. The molecule has 0 fully saturated rings. The van der Waals surface area contributed by atoms with E-state index in [1.165, 1.54) is 36.7 Å². The van der Waals surface area contributed by atoms with Gasteiger partial charge in [-0.1, -0.05) is 42.3 Å². The maximum Gasteiger partial charge on any atom is 3.00 e. The summed E-state index contributed by atoms with van der Waals surface area (Å²) in [7, 11) is 0. The van der Waals surface area contributed by atoms with E-state index in [-0.39, 0.29) is 37.1 Å².